The van der Waals surface area contributed by atoms with E-state index in [-0.39, 0.29) is 18.3 Å². The second-order valence-electron chi connectivity index (χ2n) is 12.1. The molecule has 258 valence electrons. The number of hydrogen-bond acceptors (Lipinski definition) is 9. The van der Waals surface area contributed by atoms with Gasteiger partial charge in [0.15, 0.2) is 0 Å². The number of anilines is 2. The van der Waals surface area contributed by atoms with Crippen LogP contribution in [0.3, 0.4) is 0 Å². The van der Waals surface area contributed by atoms with Gasteiger partial charge >= 0.3 is 5.69 Å². The molecule has 2 aliphatic heterocycles. The normalized spacial score (nSPS) is 19.1. The third-order valence-electron chi connectivity index (χ3n) is 8.87. The molecule has 0 aliphatic carbocycles. The van der Waals surface area contributed by atoms with E-state index < -0.39 is 5.79 Å². The third kappa shape index (κ3) is 7.37. The Labute approximate surface area is 299 Å². The second kappa shape index (κ2) is 15.0. The first kappa shape index (κ1) is 33.7. The van der Waals surface area contributed by atoms with Crippen molar-refractivity contribution >= 4 is 34.6 Å². The van der Waals surface area contributed by atoms with Crippen molar-refractivity contribution in [3.63, 3.8) is 0 Å². The van der Waals surface area contributed by atoms with E-state index in [1.165, 1.54) is 11.0 Å². The van der Waals surface area contributed by atoms with Gasteiger partial charge in [0.25, 0.3) is 0 Å². The van der Waals surface area contributed by atoms with Crippen LogP contribution in [-0.4, -0.2) is 74.6 Å². The summed E-state index contributed by atoms with van der Waals surface area (Å²) < 4.78 is 23.5. The minimum absolute atomic E-state index is 0.165. The highest BCUT2D eigenvalue weighted by Gasteiger charge is 2.45. The predicted molar refractivity (Wildman–Crippen MR) is 191 cm³/mol. The van der Waals surface area contributed by atoms with Crippen LogP contribution in [0.5, 0.6) is 5.75 Å². The van der Waals surface area contributed by atoms with Crippen molar-refractivity contribution in [2.45, 2.75) is 37.8 Å². The van der Waals surface area contributed by atoms with E-state index in [0.29, 0.717) is 41.8 Å². The Balaban J connectivity index is 0.914. The van der Waals surface area contributed by atoms with Gasteiger partial charge in [0, 0.05) is 61.1 Å². The zero-order valence-electron chi connectivity index (χ0n) is 27.3. The lowest BCUT2D eigenvalue weighted by Gasteiger charge is -2.37. The summed E-state index contributed by atoms with van der Waals surface area (Å²) in [6, 6.07) is 21.4. The van der Waals surface area contributed by atoms with E-state index in [2.05, 4.69) is 55.2 Å². The Bertz CT molecular complexity index is 1980. The number of halogens is 2. The maximum absolute atomic E-state index is 12.7. The van der Waals surface area contributed by atoms with Crippen LogP contribution in [0.15, 0.2) is 90.5 Å². The molecule has 2 aromatic heterocycles. The van der Waals surface area contributed by atoms with E-state index in [1.807, 2.05) is 30.3 Å². The lowest BCUT2D eigenvalue weighted by molar-refractivity contribution is -0.190. The van der Waals surface area contributed by atoms with Crippen LogP contribution < -0.4 is 20.2 Å². The Morgan fingerprint density at radius 3 is 2.28 bits per heavy atom. The van der Waals surface area contributed by atoms with E-state index in [4.69, 9.17) is 43.8 Å². The number of aromatic nitrogens is 6. The summed E-state index contributed by atoms with van der Waals surface area (Å²) in [6.45, 7) is 4.88. The zero-order valence-corrected chi connectivity index (χ0v) is 28.8. The Morgan fingerprint density at radius 2 is 1.62 bits per heavy atom. The monoisotopic (exact) mass is 714 g/mol. The molecule has 2 saturated heterocycles. The SMILES string of the molecule is C#CCCCn1ncn(-c2ccc(N3CCN(c4ccc(OC[C@H]5CO[C@](Cn6cncn6)(c6ccc(Cl)cc6Cl)O5)cc4)CC3)cc2)c1=O. The highest BCUT2D eigenvalue weighted by Crippen LogP contribution is 2.40. The van der Waals surface area contributed by atoms with Crippen molar-refractivity contribution in [1.29, 1.82) is 0 Å². The number of rotatable bonds is 12. The molecule has 4 heterocycles. The highest BCUT2D eigenvalue weighted by molar-refractivity contribution is 6.35. The van der Waals surface area contributed by atoms with Crippen molar-refractivity contribution in [3.05, 3.63) is 112 Å². The minimum Gasteiger partial charge on any atom is -0.491 e. The number of aryl methyl sites for hydroxylation is 1. The summed E-state index contributed by atoms with van der Waals surface area (Å²) in [6.07, 6.45) is 11.0. The number of piperazine rings is 1. The molecule has 0 saturated carbocycles. The van der Waals surface area contributed by atoms with Gasteiger partial charge in [-0.1, -0.05) is 29.3 Å². The maximum atomic E-state index is 12.7. The van der Waals surface area contributed by atoms with Gasteiger partial charge < -0.3 is 24.0 Å². The predicted octanol–water partition coefficient (Wildman–Crippen LogP) is 5.02. The van der Waals surface area contributed by atoms with Gasteiger partial charge in [-0.05, 0) is 67.1 Å². The van der Waals surface area contributed by atoms with Gasteiger partial charge in [-0.15, -0.1) is 12.3 Å². The molecule has 0 N–H and O–H groups in total. The van der Waals surface area contributed by atoms with Gasteiger partial charge in [-0.3, -0.25) is 0 Å². The fraction of sp³-hybridized carbons (Fsp3) is 0.333. The number of terminal acetylenes is 1. The van der Waals surface area contributed by atoms with Crippen LogP contribution in [-0.2, 0) is 28.4 Å². The Hall–Kier alpha value is -4.80. The average Bonchev–Trinajstić information content (AvgIpc) is 3.89. The highest BCUT2D eigenvalue weighted by atomic mass is 35.5. The van der Waals surface area contributed by atoms with Gasteiger partial charge in [-0.25, -0.2) is 23.7 Å². The standard InChI is InChI=1S/C36H36Cl2N8O4/c1-2-3-4-15-46-35(47)45(26-41-46)30-8-6-28(7-9-30)42-16-18-43(19-17-42)29-10-12-31(13-11-29)48-21-32-22-49-36(50-32,23-44-25-39-24-40-44)33-14-5-27(37)20-34(33)38/h1,5-14,20,24-26,32H,3-4,15-19,21-23H2/t32-,36-/m0/s1. The number of hydrogen-bond donors (Lipinski definition) is 0. The summed E-state index contributed by atoms with van der Waals surface area (Å²) in [5, 5.41) is 9.43. The molecular formula is C36H36Cl2N8O4. The minimum atomic E-state index is -1.16. The molecule has 0 radical (unpaired) electrons. The van der Waals surface area contributed by atoms with Gasteiger partial charge in [0.1, 0.15) is 44.0 Å². The Kier molecular flexibility index (Phi) is 10.1. The number of nitrogens with zero attached hydrogens (tertiary/aromatic N) is 8. The smallest absolute Gasteiger partial charge is 0.350 e. The lowest BCUT2D eigenvalue weighted by atomic mass is 10.1. The second-order valence-corrected chi connectivity index (χ2v) is 13.0. The van der Waals surface area contributed by atoms with Crippen LogP contribution in [0, 0.1) is 12.3 Å². The van der Waals surface area contributed by atoms with E-state index in [0.717, 1.165) is 55.4 Å². The van der Waals surface area contributed by atoms with Gasteiger partial charge in [0.2, 0.25) is 5.79 Å². The maximum Gasteiger partial charge on any atom is 0.350 e. The van der Waals surface area contributed by atoms with Crippen LogP contribution in [0.25, 0.3) is 5.69 Å². The molecule has 5 aromatic rings. The zero-order chi connectivity index (χ0) is 34.5. The van der Waals surface area contributed by atoms with E-state index in [9.17, 15) is 4.79 Å². The first-order chi connectivity index (χ1) is 24.4. The number of ether oxygens (including phenoxy) is 3. The largest absolute Gasteiger partial charge is 0.491 e. The summed E-state index contributed by atoms with van der Waals surface area (Å²) in [5.41, 5.74) is 3.54. The lowest BCUT2D eigenvalue weighted by Crippen LogP contribution is -2.46. The molecule has 0 amide bonds. The molecule has 14 heteroatoms. The van der Waals surface area contributed by atoms with Crippen LogP contribution in [0.4, 0.5) is 11.4 Å². The molecular weight excluding hydrogens is 679 g/mol. The van der Waals surface area contributed by atoms with Crippen molar-refractivity contribution in [3.8, 4) is 23.8 Å². The molecule has 2 atom stereocenters. The fourth-order valence-corrected chi connectivity index (χ4v) is 6.82. The van der Waals surface area contributed by atoms with E-state index >= 15 is 0 Å². The molecule has 0 bridgehead atoms. The molecule has 0 spiro atoms. The quantitative estimate of drug-likeness (QED) is 0.130. The van der Waals surface area contributed by atoms with Crippen LogP contribution in [0.2, 0.25) is 10.0 Å². The molecule has 0 unspecified atom stereocenters. The molecule has 2 fully saturated rings. The molecule has 3 aromatic carbocycles. The fourth-order valence-electron chi connectivity index (χ4n) is 6.27. The van der Waals surface area contributed by atoms with E-state index in [1.54, 1.807) is 34.0 Å². The molecule has 7 rings (SSSR count). The Morgan fingerprint density at radius 1 is 0.920 bits per heavy atom. The van der Waals surface area contributed by atoms with Crippen molar-refractivity contribution in [1.82, 2.24) is 29.1 Å². The third-order valence-corrected chi connectivity index (χ3v) is 9.42. The van der Waals surface area contributed by atoms with Crippen molar-refractivity contribution < 1.29 is 14.2 Å². The molecule has 2 aliphatic rings. The van der Waals surface area contributed by atoms with Gasteiger partial charge in [-0.2, -0.15) is 10.2 Å². The van der Waals surface area contributed by atoms with Gasteiger partial charge in [0.05, 0.1) is 17.3 Å². The van der Waals surface area contributed by atoms with Crippen molar-refractivity contribution in [2.24, 2.45) is 0 Å². The summed E-state index contributed by atoms with van der Waals surface area (Å²) in [5.74, 6) is 2.17. The van der Waals surface area contributed by atoms with Crippen LogP contribution >= 0.6 is 23.2 Å². The molecule has 50 heavy (non-hydrogen) atoms. The topological polar surface area (TPSA) is 105 Å². The summed E-state index contributed by atoms with van der Waals surface area (Å²) >= 11 is 12.7. The molecule has 12 nitrogen and oxygen atoms in total. The number of benzene rings is 3. The first-order valence-corrected chi connectivity index (χ1v) is 17.2. The average molecular weight is 716 g/mol. The summed E-state index contributed by atoms with van der Waals surface area (Å²) in [7, 11) is 0. The van der Waals surface area contributed by atoms with Crippen LogP contribution in [0.1, 0.15) is 18.4 Å². The summed E-state index contributed by atoms with van der Waals surface area (Å²) in [4.78, 5) is 21.5. The first-order valence-electron chi connectivity index (χ1n) is 16.4. The van der Waals surface area contributed by atoms with Crippen molar-refractivity contribution in [2.75, 3.05) is 49.2 Å². The number of unbranched alkanes of at least 4 members (excludes halogenated alkanes) is 1.